The van der Waals surface area contributed by atoms with Gasteiger partial charge in [-0.2, -0.15) is 0 Å². The lowest BCUT2D eigenvalue weighted by molar-refractivity contribution is -0.126. The Kier molecular flexibility index (Phi) is 4.52. The Morgan fingerprint density at radius 1 is 1.18 bits per heavy atom. The van der Waals surface area contributed by atoms with Crippen LogP contribution in [-0.4, -0.2) is 21.4 Å². The molecule has 0 aliphatic carbocycles. The summed E-state index contributed by atoms with van der Waals surface area (Å²) in [6.45, 7) is 2.22. The van der Waals surface area contributed by atoms with Gasteiger partial charge in [-0.3, -0.25) is 29.8 Å². The molecule has 0 saturated carbocycles. The first-order valence-electron chi connectivity index (χ1n) is 9.02. The predicted octanol–water partition coefficient (Wildman–Crippen LogP) is 1.99. The second-order valence-corrected chi connectivity index (χ2v) is 6.51. The summed E-state index contributed by atoms with van der Waals surface area (Å²) in [5.74, 6) is -0.965. The summed E-state index contributed by atoms with van der Waals surface area (Å²) in [6.07, 6.45) is 0.0518. The highest BCUT2D eigenvalue weighted by Crippen LogP contribution is 2.31. The lowest BCUT2D eigenvalue weighted by atomic mass is 9.90. The Bertz CT molecular complexity index is 1140. The Hall–Kier alpha value is -3.68. The monoisotopic (exact) mass is 377 g/mol. The summed E-state index contributed by atoms with van der Waals surface area (Å²) in [6, 6.07) is 14.2. The van der Waals surface area contributed by atoms with Crippen molar-refractivity contribution in [2.75, 3.05) is 10.7 Å². The van der Waals surface area contributed by atoms with Crippen LogP contribution in [0.4, 0.5) is 11.6 Å². The molecule has 1 atom stereocenters. The highest BCUT2D eigenvalue weighted by Gasteiger charge is 2.30. The van der Waals surface area contributed by atoms with Crippen LogP contribution in [0.3, 0.4) is 0 Å². The standard InChI is InChI=1S/C20H19N5O3/c1-2-25-19(28)13-8-4-6-10-16(13)22-20(25)24-23-18(27)14-11-17(26)21-15-9-5-3-7-12(14)15/h3-10,14H,2,11H2,1H3,(H,21,26)(H,22,24)(H,23,27). The van der Waals surface area contributed by atoms with Crippen LogP contribution in [0, 0.1) is 0 Å². The van der Waals surface area contributed by atoms with Gasteiger partial charge in [0.15, 0.2) is 0 Å². The Balaban J connectivity index is 1.61. The van der Waals surface area contributed by atoms with Crippen molar-refractivity contribution in [3.8, 4) is 0 Å². The fraction of sp³-hybridized carbons (Fsp3) is 0.200. The van der Waals surface area contributed by atoms with Crippen molar-refractivity contribution in [1.82, 2.24) is 15.0 Å². The van der Waals surface area contributed by atoms with Crippen LogP contribution in [0.1, 0.15) is 24.8 Å². The Labute approximate surface area is 160 Å². The van der Waals surface area contributed by atoms with E-state index in [1.807, 2.05) is 19.1 Å². The fourth-order valence-corrected chi connectivity index (χ4v) is 3.41. The molecular formula is C20H19N5O3. The zero-order valence-electron chi connectivity index (χ0n) is 15.2. The number of fused-ring (bicyclic) bond motifs is 2. The van der Waals surface area contributed by atoms with Gasteiger partial charge in [0, 0.05) is 18.7 Å². The zero-order chi connectivity index (χ0) is 19.7. The summed E-state index contributed by atoms with van der Waals surface area (Å²) in [4.78, 5) is 41.8. The van der Waals surface area contributed by atoms with Gasteiger partial charge in [-0.15, -0.1) is 0 Å². The number of rotatable bonds is 4. The van der Waals surface area contributed by atoms with Gasteiger partial charge in [0.2, 0.25) is 17.8 Å². The van der Waals surface area contributed by atoms with Gasteiger partial charge in [0.25, 0.3) is 5.56 Å². The number of aromatic nitrogens is 2. The first kappa shape index (κ1) is 17.7. The first-order valence-corrected chi connectivity index (χ1v) is 9.02. The average molecular weight is 377 g/mol. The van der Waals surface area contributed by atoms with Crippen molar-refractivity contribution in [1.29, 1.82) is 0 Å². The van der Waals surface area contributed by atoms with Gasteiger partial charge in [0.05, 0.1) is 16.8 Å². The molecule has 4 rings (SSSR count). The molecule has 0 fully saturated rings. The molecule has 3 N–H and O–H groups in total. The molecule has 2 amide bonds. The van der Waals surface area contributed by atoms with Crippen LogP contribution in [-0.2, 0) is 16.1 Å². The number of para-hydroxylation sites is 2. The largest absolute Gasteiger partial charge is 0.326 e. The van der Waals surface area contributed by atoms with E-state index < -0.39 is 5.92 Å². The second-order valence-electron chi connectivity index (χ2n) is 6.51. The SMILES string of the molecule is CCn1c(NNC(=O)C2CC(=O)Nc3ccccc32)nc2ccccc2c1=O. The molecular weight excluding hydrogens is 358 g/mol. The predicted molar refractivity (Wildman–Crippen MR) is 106 cm³/mol. The van der Waals surface area contributed by atoms with E-state index in [-0.39, 0.29) is 29.7 Å². The Morgan fingerprint density at radius 2 is 1.93 bits per heavy atom. The molecule has 0 radical (unpaired) electrons. The summed E-state index contributed by atoms with van der Waals surface area (Å²) in [5.41, 5.74) is 7.10. The molecule has 3 aromatic rings. The van der Waals surface area contributed by atoms with E-state index in [0.717, 1.165) is 5.56 Å². The third-order valence-electron chi connectivity index (χ3n) is 4.79. The molecule has 1 aliphatic rings. The van der Waals surface area contributed by atoms with E-state index in [9.17, 15) is 14.4 Å². The number of hydrogen-bond acceptors (Lipinski definition) is 5. The molecule has 2 heterocycles. The van der Waals surface area contributed by atoms with Gasteiger partial charge in [-0.25, -0.2) is 4.98 Å². The maximum atomic E-state index is 12.8. The molecule has 28 heavy (non-hydrogen) atoms. The van der Waals surface area contributed by atoms with Crippen molar-refractivity contribution in [2.45, 2.75) is 25.8 Å². The van der Waals surface area contributed by atoms with Crippen LogP contribution in [0.2, 0.25) is 0 Å². The van der Waals surface area contributed by atoms with Crippen molar-refractivity contribution in [2.24, 2.45) is 0 Å². The lowest BCUT2D eigenvalue weighted by Crippen LogP contribution is -2.39. The maximum Gasteiger partial charge on any atom is 0.262 e. The summed E-state index contributed by atoms with van der Waals surface area (Å²) >= 11 is 0. The molecule has 142 valence electrons. The van der Waals surface area contributed by atoms with Crippen LogP contribution in [0.5, 0.6) is 0 Å². The molecule has 0 saturated heterocycles. The van der Waals surface area contributed by atoms with Gasteiger partial charge < -0.3 is 5.32 Å². The highest BCUT2D eigenvalue weighted by molar-refractivity contribution is 6.01. The second kappa shape index (κ2) is 7.15. The summed E-state index contributed by atoms with van der Waals surface area (Å²) in [5, 5.41) is 3.28. The third-order valence-corrected chi connectivity index (χ3v) is 4.79. The summed E-state index contributed by atoms with van der Waals surface area (Å²) in [7, 11) is 0. The molecule has 0 bridgehead atoms. The van der Waals surface area contributed by atoms with Crippen LogP contribution in [0.25, 0.3) is 10.9 Å². The number of nitrogens with zero attached hydrogens (tertiary/aromatic N) is 2. The lowest BCUT2D eigenvalue weighted by Gasteiger charge is -2.25. The number of amides is 2. The molecule has 8 nitrogen and oxygen atoms in total. The first-order chi connectivity index (χ1) is 13.6. The van der Waals surface area contributed by atoms with Crippen LogP contribution < -0.4 is 21.7 Å². The number of nitrogens with one attached hydrogen (secondary N) is 3. The molecule has 1 aromatic heterocycles. The third kappa shape index (κ3) is 3.09. The number of benzene rings is 2. The quantitative estimate of drug-likeness (QED) is 0.603. The highest BCUT2D eigenvalue weighted by atomic mass is 16.2. The van der Waals surface area contributed by atoms with E-state index in [2.05, 4.69) is 21.2 Å². The normalized spacial score (nSPS) is 15.6. The van der Waals surface area contributed by atoms with E-state index in [0.29, 0.717) is 23.1 Å². The minimum Gasteiger partial charge on any atom is -0.326 e. The number of carbonyl (C=O) groups excluding carboxylic acids is 2. The van der Waals surface area contributed by atoms with Crippen LogP contribution >= 0.6 is 0 Å². The van der Waals surface area contributed by atoms with Gasteiger partial charge in [-0.1, -0.05) is 30.3 Å². The topological polar surface area (TPSA) is 105 Å². The van der Waals surface area contributed by atoms with Crippen molar-refractivity contribution in [3.63, 3.8) is 0 Å². The van der Waals surface area contributed by atoms with E-state index in [1.54, 1.807) is 36.4 Å². The molecule has 2 aromatic carbocycles. The number of anilines is 2. The smallest absolute Gasteiger partial charge is 0.262 e. The number of hydrogen-bond donors (Lipinski definition) is 3. The number of hydrazine groups is 1. The van der Waals surface area contributed by atoms with E-state index >= 15 is 0 Å². The fourth-order valence-electron chi connectivity index (χ4n) is 3.41. The molecule has 0 spiro atoms. The van der Waals surface area contributed by atoms with Gasteiger partial charge in [0.1, 0.15) is 0 Å². The minimum absolute atomic E-state index is 0.0518. The molecule has 1 unspecified atom stereocenters. The molecule has 1 aliphatic heterocycles. The van der Waals surface area contributed by atoms with Gasteiger partial charge >= 0.3 is 0 Å². The zero-order valence-corrected chi connectivity index (χ0v) is 15.2. The number of carbonyl (C=O) groups is 2. The van der Waals surface area contributed by atoms with Crippen LogP contribution in [0.15, 0.2) is 53.3 Å². The van der Waals surface area contributed by atoms with Crippen molar-refractivity contribution < 1.29 is 9.59 Å². The molecule has 8 heteroatoms. The minimum atomic E-state index is -0.625. The van der Waals surface area contributed by atoms with E-state index in [4.69, 9.17) is 0 Å². The van der Waals surface area contributed by atoms with E-state index in [1.165, 1.54) is 4.57 Å². The average Bonchev–Trinajstić information content (AvgIpc) is 2.71. The van der Waals surface area contributed by atoms with Crippen molar-refractivity contribution in [3.05, 3.63) is 64.4 Å². The maximum absolute atomic E-state index is 12.8. The summed E-state index contributed by atoms with van der Waals surface area (Å²) < 4.78 is 1.45. The Morgan fingerprint density at radius 3 is 2.75 bits per heavy atom. The van der Waals surface area contributed by atoms with Crippen molar-refractivity contribution >= 4 is 34.4 Å². The van der Waals surface area contributed by atoms with Gasteiger partial charge in [-0.05, 0) is 30.7 Å².